The summed E-state index contributed by atoms with van der Waals surface area (Å²) < 4.78 is 0. The monoisotopic (exact) mass is 260 g/mol. The van der Waals surface area contributed by atoms with E-state index >= 15 is 0 Å². The molecule has 2 aromatic rings. The first kappa shape index (κ1) is 12.3. The van der Waals surface area contributed by atoms with Crippen LogP contribution < -0.4 is 10.2 Å². The Morgan fingerprint density at radius 2 is 2.37 bits per heavy atom. The average molecular weight is 260 g/mol. The minimum atomic E-state index is 0.557. The zero-order valence-electron chi connectivity index (χ0n) is 11.3. The van der Waals surface area contributed by atoms with Gasteiger partial charge in [0.15, 0.2) is 11.5 Å². The highest BCUT2D eigenvalue weighted by Gasteiger charge is 2.22. The van der Waals surface area contributed by atoms with Crippen LogP contribution >= 0.6 is 0 Å². The maximum Gasteiger partial charge on any atom is 0.182 e. The molecule has 1 fully saturated rings. The third-order valence-corrected chi connectivity index (χ3v) is 3.61. The molecule has 6 heteroatoms. The predicted molar refractivity (Wildman–Crippen MR) is 75.2 cm³/mol. The molecule has 0 saturated carbocycles. The Bertz CT molecular complexity index is 537. The Labute approximate surface area is 112 Å². The Morgan fingerprint density at radius 1 is 1.42 bits per heavy atom. The molecule has 6 nitrogen and oxygen atoms in total. The summed E-state index contributed by atoms with van der Waals surface area (Å²) in [7, 11) is 0. The van der Waals surface area contributed by atoms with E-state index in [0.29, 0.717) is 6.04 Å². The number of rotatable bonds is 4. The number of nitrogens with zero attached hydrogens (tertiary/aromatic N) is 4. The van der Waals surface area contributed by atoms with Crippen LogP contribution in [0.15, 0.2) is 12.7 Å². The molecule has 1 atom stereocenters. The van der Waals surface area contributed by atoms with Gasteiger partial charge in [0.25, 0.3) is 0 Å². The van der Waals surface area contributed by atoms with Crippen LogP contribution in [0.1, 0.15) is 26.2 Å². The van der Waals surface area contributed by atoms with Crippen LogP contribution in [0.4, 0.5) is 5.82 Å². The molecule has 1 unspecified atom stereocenters. The highest BCUT2D eigenvalue weighted by molar-refractivity contribution is 5.82. The lowest BCUT2D eigenvalue weighted by Crippen LogP contribution is -2.46. The maximum atomic E-state index is 4.43. The average Bonchev–Trinajstić information content (AvgIpc) is 2.93. The van der Waals surface area contributed by atoms with Gasteiger partial charge in [-0.3, -0.25) is 0 Å². The lowest BCUT2D eigenvalue weighted by atomic mass is 10.1. The number of anilines is 1. The predicted octanol–water partition coefficient (Wildman–Crippen LogP) is 1.32. The highest BCUT2D eigenvalue weighted by atomic mass is 15.2. The third kappa shape index (κ3) is 2.53. The fourth-order valence-electron chi connectivity index (χ4n) is 2.68. The highest BCUT2D eigenvalue weighted by Crippen LogP contribution is 2.23. The van der Waals surface area contributed by atoms with Gasteiger partial charge < -0.3 is 15.2 Å². The molecule has 0 bridgehead atoms. The Kier molecular flexibility index (Phi) is 3.59. The van der Waals surface area contributed by atoms with Crippen molar-refractivity contribution in [2.45, 2.75) is 32.2 Å². The lowest BCUT2D eigenvalue weighted by molar-refractivity contribution is 0.422. The molecule has 2 N–H and O–H groups in total. The van der Waals surface area contributed by atoms with Crippen LogP contribution in [0.5, 0.6) is 0 Å². The molecule has 0 radical (unpaired) electrons. The molecule has 3 rings (SSSR count). The topological polar surface area (TPSA) is 69.7 Å². The van der Waals surface area contributed by atoms with Crippen molar-refractivity contribution in [3.8, 4) is 0 Å². The van der Waals surface area contributed by atoms with Crippen molar-refractivity contribution >= 4 is 17.0 Å². The molecule has 0 aliphatic carbocycles. The van der Waals surface area contributed by atoms with Gasteiger partial charge in [-0.2, -0.15) is 0 Å². The Balaban J connectivity index is 1.79. The van der Waals surface area contributed by atoms with Crippen LogP contribution in [0.2, 0.25) is 0 Å². The van der Waals surface area contributed by atoms with Gasteiger partial charge in [-0.25, -0.2) is 15.0 Å². The van der Waals surface area contributed by atoms with Gasteiger partial charge in [-0.1, -0.05) is 6.92 Å². The van der Waals surface area contributed by atoms with Gasteiger partial charge >= 0.3 is 0 Å². The van der Waals surface area contributed by atoms with E-state index in [0.717, 1.165) is 36.6 Å². The first-order valence-corrected chi connectivity index (χ1v) is 7.01. The maximum absolute atomic E-state index is 4.43. The second kappa shape index (κ2) is 5.52. The zero-order chi connectivity index (χ0) is 13.1. The van der Waals surface area contributed by atoms with Crippen molar-refractivity contribution in [3.05, 3.63) is 12.7 Å². The summed E-state index contributed by atoms with van der Waals surface area (Å²) in [5.41, 5.74) is 1.69. The summed E-state index contributed by atoms with van der Waals surface area (Å²) in [6.45, 7) is 5.34. The van der Waals surface area contributed by atoms with Gasteiger partial charge in [0.05, 0.1) is 6.33 Å². The van der Waals surface area contributed by atoms with Crippen LogP contribution in [0.25, 0.3) is 11.2 Å². The molecule has 102 valence electrons. The number of nitrogens with one attached hydrogen (secondary N) is 2. The minimum absolute atomic E-state index is 0.557. The summed E-state index contributed by atoms with van der Waals surface area (Å²) in [5, 5.41) is 3.60. The van der Waals surface area contributed by atoms with Gasteiger partial charge in [-0.15, -0.1) is 0 Å². The van der Waals surface area contributed by atoms with Gasteiger partial charge in [0.1, 0.15) is 11.8 Å². The van der Waals surface area contributed by atoms with Crippen LogP contribution in [0.3, 0.4) is 0 Å². The quantitative estimate of drug-likeness (QED) is 0.867. The van der Waals surface area contributed by atoms with Crippen molar-refractivity contribution in [1.82, 2.24) is 25.3 Å². The molecule has 1 saturated heterocycles. The number of imidazole rings is 1. The van der Waals surface area contributed by atoms with Crippen LogP contribution in [-0.4, -0.2) is 45.6 Å². The van der Waals surface area contributed by atoms with E-state index in [9.17, 15) is 0 Å². The smallest absolute Gasteiger partial charge is 0.182 e. The van der Waals surface area contributed by atoms with Crippen LogP contribution in [-0.2, 0) is 0 Å². The second-order valence-corrected chi connectivity index (χ2v) is 5.04. The summed E-state index contributed by atoms with van der Waals surface area (Å²) in [4.78, 5) is 18.3. The number of hydrogen-bond donors (Lipinski definition) is 2. The number of piperidine rings is 1. The normalized spacial score (nSPS) is 20.1. The summed E-state index contributed by atoms with van der Waals surface area (Å²) in [6.07, 6.45) is 6.89. The lowest BCUT2D eigenvalue weighted by Gasteiger charge is -2.34. The molecule has 19 heavy (non-hydrogen) atoms. The summed E-state index contributed by atoms with van der Waals surface area (Å²) in [5.74, 6) is 0.977. The number of aromatic amines is 1. The van der Waals surface area contributed by atoms with Crippen LogP contribution in [0, 0.1) is 0 Å². The molecular weight excluding hydrogens is 240 g/mol. The van der Waals surface area contributed by atoms with Crippen molar-refractivity contribution < 1.29 is 0 Å². The van der Waals surface area contributed by atoms with E-state index in [1.54, 1.807) is 12.7 Å². The standard InChI is InChI=1S/C13H20N6/c1-2-5-14-10-4-3-6-19(7-10)13-11-12(16-8-15-11)17-9-18-13/h8-10,14H,2-7H2,1H3,(H,15,16,17,18). The van der Waals surface area contributed by atoms with Crippen molar-refractivity contribution in [3.63, 3.8) is 0 Å². The minimum Gasteiger partial charge on any atom is -0.353 e. The third-order valence-electron chi connectivity index (χ3n) is 3.61. The number of fused-ring (bicyclic) bond motifs is 1. The fraction of sp³-hybridized carbons (Fsp3) is 0.615. The fourth-order valence-corrected chi connectivity index (χ4v) is 2.68. The molecular formula is C13H20N6. The first-order chi connectivity index (χ1) is 9.38. The van der Waals surface area contributed by atoms with Gasteiger partial charge in [-0.05, 0) is 25.8 Å². The first-order valence-electron chi connectivity index (χ1n) is 7.01. The molecule has 1 aliphatic rings. The van der Waals surface area contributed by atoms with Crippen molar-refractivity contribution in [2.24, 2.45) is 0 Å². The summed E-state index contributed by atoms with van der Waals surface area (Å²) >= 11 is 0. The molecule has 0 amide bonds. The van der Waals surface area contributed by atoms with E-state index in [4.69, 9.17) is 0 Å². The van der Waals surface area contributed by atoms with E-state index in [2.05, 4.69) is 37.1 Å². The number of hydrogen-bond acceptors (Lipinski definition) is 5. The Hall–Kier alpha value is -1.69. The molecule has 0 spiro atoms. The zero-order valence-corrected chi connectivity index (χ0v) is 11.3. The van der Waals surface area contributed by atoms with E-state index in [-0.39, 0.29) is 0 Å². The number of H-pyrrole nitrogens is 1. The van der Waals surface area contributed by atoms with E-state index in [1.807, 2.05) is 0 Å². The molecule has 1 aliphatic heterocycles. The van der Waals surface area contributed by atoms with E-state index < -0.39 is 0 Å². The summed E-state index contributed by atoms with van der Waals surface area (Å²) in [6, 6.07) is 0.557. The number of aromatic nitrogens is 4. The van der Waals surface area contributed by atoms with Gasteiger partial charge in [0.2, 0.25) is 0 Å². The van der Waals surface area contributed by atoms with E-state index in [1.165, 1.54) is 19.3 Å². The largest absolute Gasteiger partial charge is 0.353 e. The molecule has 0 aromatic carbocycles. The van der Waals surface area contributed by atoms with Crippen molar-refractivity contribution in [2.75, 3.05) is 24.5 Å². The molecule has 3 heterocycles. The second-order valence-electron chi connectivity index (χ2n) is 5.04. The Morgan fingerprint density at radius 3 is 3.26 bits per heavy atom. The SMILES string of the molecule is CCCNC1CCCN(c2ncnc3nc[nH]c23)C1. The van der Waals surface area contributed by atoms with Crippen molar-refractivity contribution in [1.29, 1.82) is 0 Å². The molecule has 2 aromatic heterocycles. The van der Waals surface area contributed by atoms with Gasteiger partial charge in [0, 0.05) is 19.1 Å².